The Morgan fingerprint density at radius 1 is 0.892 bits per heavy atom. The first-order valence-corrected chi connectivity index (χ1v) is 13.3. The molecule has 0 spiro atoms. The van der Waals surface area contributed by atoms with Gasteiger partial charge < -0.3 is 10.4 Å². The third-order valence-corrected chi connectivity index (χ3v) is 8.34. The number of aliphatic hydroxyl groups is 1. The van der Waals surface area contributed by atoms with E-state index in [1.807, 2.05) is 48.5 Å². The molecular weight excluding hydrogens is 550 g/mol. The number of carbonyl (C=O) groups excluding carboxylic acids is 1. The molecule has 3 aromatic carbocycles. The Balaban J connectivity index is 0.00000380. The van der Waals surface area contributed by atoms with E-state index in [-0.39, 0.29) is 24.0 Å². The fourth-order valence-electron chi connectivity index (χ4n) is 5.22. The monoisotopic (exact) mass is 580 g/mol. The molecule has 1 heterocycles. The molecule has 1 unspecified atom stereocenters. The molecule has 8 heteroatoms. The fourth-order valence-corrected chi connectivity index (χ4v) is 5.60. The number of rotatable bonds is 9. The van der Waals surface area contributed by atoms with Gasteiger partial charge in [-0.25, -0.2) is 0 Å². The lowest BCUT2D eigenvalue weighted by Crippen LogP contribution is -2.52. The Bertz CT molecular complexity index is 1100. The molecule has 3 aromatic rings. The Morgan fingerprint density at radius 2 is 1.32 bits per heavy atom. The number of nitrogens with zero attached hydrogens (tertiary/aromatic N) is 1. The van der Waals surface area contributed by atoms with Crippen molar-refractivity contribution < 1.29 is 9.90 Å². The van der Waals surface area contributed by atoms with E-state index in [0.717, 1.165) is 35.9 Å². The molecule has 0 aromatic heterocycles. The SMILES string of the molecule is CC(CCC(NC=O)N1CCC(O)(c2ccc(Cl)cc2)CC1)(c1ccc(Cl)cc1)c1ccc(Cl)cc1.Cl. The van der Waals surface area contributed by atoms with Gasteiger partial charge in [-0.3, -0.25) is 9.69 Å². The minimum absolute atomic E-state index is 0. The summed E-state index contributed by atoms with van der Waals surface area (Å²) in [4.78, 5) is 13.8. The van der Waals surface area contributed by atoms with E-state index in [2.05, 4.69) is 41.4 Å². The van der Waals surface area contributed by atoms with Crippen LogP contribution in [0, 0.1) is 0 Å². The summed E-state index contributed by atoms with van der Waals surface area (Å²) in [6.45, 7) is 3.55. The minimum atomic E-state index is -0.895. The molecular formula is C29H32Cl4N2O2. The van der Waals surface area contributed by atoms with Crippen molar-refractivity contribution in [3.05, 3.63) is 105 Å². The van der Waals surface area contributed by atoms with Gasteiger partial charge in [-0.05, 0) is 78.8 Å². The van der Waals surface area contributed by atoms with Crippen LogP contribution in [0.3, 0.4) is 0 Å². The average molecular weight is 582 g/mol. The second-order valence-electron chi connectivity index (χ2n) is 9.76. The maximum Gasteiger partial charge on any atom is 0.208 e. The highest BCUT2D eigenvalue weighted by Crippen LogP contribution is 2.39. The van der Waals surface area contributed by atoms with Gasteiger partial charge in [0.2, 0.25) is 6.41 Å². The number of amides is 1. The zero-order valence-electron chi connectivity index (χ0n) is 20.7. The fraction of sp³-hybridized carbons (Fsp3) is 0.345. The second kappa shape index (κ2) is 12.8. The van der Waals surface area contributed by atoms with Crippen molar-refractivity contribution in [2.24, 2.45) is 0 Å². The highest BCUT2D eigenvalue weighted by molar-refractivity contribution is 6.31. The zero-order chi connectivity index (χ0) is 25.8. The van der Waals surface area contributed by atoms with Crippen molar-refractivity contribution in [3.63, 3.8) is 0 Å². The number of benzene rings is 3. The highest BCUT2D eigenvalue weighted by Gasteiger charge is 2.37. The number of nitrogens with one attached hydrogen (secondary N) is 1. The molecule has 1 fully saturated rings. The van der Waals surface area contributed by atoms with Crippen molar-refractivity contribution in [1.82, 2.24) is 10.2 Å². The van der Waals surface area contributed by atoms with Crippen LogP contribution in [0.1, 0.15) is 49.3 Å². The average Bonchev–Trinajstić information content (AvgIpc) is 2.88. The number of piperidine rings is 1. The molecule has 0 saturated carbocycles. The summed E-state index contributed by atoms with van der Waals surface area (Å²) in [7, 11) is 0. The van der Waals surface area contributed by atoms with Gasteiger partial charge in [-0.1, -0.05) is 78.1 Å². The van der Waals surface area contributed by atoms with Crippen LogP contribution in [0.25, 0.3) is 0 Å². The first kappa shape index (κ1) is 29.8. The summed E-state index contributed by atoms with van der Waals surface area (Å²) in [6.07, 6.45) is 3.32. The predicted octanol–water partition coefficient (Wildman–Crippen LogP) is 7.21. The summed E-state index contributed by atoms with van der Waals surface area (Å²) in [6, 6.07) is 23.3. The zero-order valence-corrected chi connectivity index (χ0v) is 23.8. The van der Waals surface area contributed by atoms with Gasteiger partial charge in [0.15, 0.2) is 0 Å². The standard InChI is InChI=1S/C29H31Cl3N2O2.ClH/c1-28(21-2-8-24(30)9-3-21,22-4-10-25(31)11-5-22)15-14-27(33-20-35)34-18-16-29(36,17-19-34)23-6-12-26(32)13-7-23;/h2-13,20,27,36H,14-19H2,1H3,(H,33,35);1H. The lowest BCUT2D eigenvalue weighted by atomic mass is 9.72. The van der Waals surface area contributed by atoms with Gasteiger partial charge >= 0.3 is 0 Å². The Hall–Kier alpha value is -1.79. The first-order valence-electron chi connectivity index (χ1n) is 12.2. The summed E-state index contributed by atoms with van der Waals surface area (Å²) >= 11 is 18.4. The second-order valence-corrected chi connectivity index (χ2v) is 11.1. The maximum absolute atomic E-state index is 11.5. The molecule has 2 N–H and O–H groups in total. The van der Waals surface area contributed by atoms with E-state index in [0.29, 0.717) is 41.0 Å². The highest BCUT2D eigenvalue weighted by atomic mass is 35.5. The lowest BCUT2D eigenvalue weighted by Gasteiger charge is -2.42. The first-order chi connectivity index (χ1) is 17.2. The number of carbonyl (C=O) groups is 1. The molecule has 1 saturated heterocycles. The molecule has 1 aliphatic heterocycles. The van der Waals surface area contributed by atoms with Gasteiger partial charge in [0.1, 0.15) is 0 Å². The van der Waals surface area contributed by atoms with Crippen LogP contribution in [0.5, 0.6) is 0 Å². The summed E-state index contributed by atoms with van der Waals surface area (Å²) in [5.41, 5.74) is 1.97. The topological polar surface area (TPSA) is 52.6 Å². The van der Waals surface area contributed by atoms with E-state index >= 15 is 0 Å². The van der Waals surface area contributed by atoms with Crippen LogP contribution in [0.2, 0.25) is 15.1 Å². The molecule has 0 bridgehead atoms. The molecule has 1 aliphatic rings. The smallest absolute Gasteiger partial charge is 0.208 e. The Morgan fingerprint density at radius 3 is 1.76 bits per heavy atom. The molecule has 0 aliphatic carbocycles. The van der Waals surface area contributed by atoms with Crippen LogP contribution in [0.15, 0.2) is 72.8 Å². The minimum Gasteiger partial charge on any atom is -0.385 e. The molecule has 1 amide bonds. The number of hydrogen-bond donors (Lipinski definition) is 2. The van der Waals surface area contributed by atoms with Crippen LogP contribution >= 0.6 is 47.2 Å². The lowest BCUT2D eigenvalue weighted by molar-refractivity contribution is -0.112. The number of hydrogen-bond acceptors (Lipinski definition) is 3. The third kappa shape index (κ3) is 7.00. The van der Waals surface area contributed by atoms with Crippen molar-refractivity contribution in [1.29, 1.82) is 0 Å². The third-order valence-electron chi connectivity index (χ3n) is 7.59. The Kier molecular flexibility index (Phi) is 10.3. The summed E-state index contributed by atoms with van der Waals surface area (Å²) < 4.78 is 0. The van der Waals surface area contributed by atoms with Gasteiger partial charge in [0.25, 0.3) is 0 Å². The van der Waals surface area contributed by atoms with Gasteiger partial charge in [0.05, 0.1) is 11.8 Å². The molecule has 37 heavy (non-hydrogen) atoms. The quantitative estimate of drug-likeness (QED) is 0.262. The molecule has 0 radical (unpaired) electrons. The van der Waals surface area contributed by atoms with E-state index in [4.69, 9.17) is 34.8 Å². The van der Waals surface area contributed by atoms with Crippen LogP contribution in [-0.4, -0.2) is 35.7 Å². The normalized spacial score (nSPS) is 16.5. The van der Waals surface area contributed by atoms with Crippen molar-refractivity contribution in [2.45, 2.75) is 49.8 Å². The number of likely N-dealkylation sites (tertiary alicyclic amines) is 1. The van der Waals surface area contributed by atoms with Crippen molar-refractivity contribution in [2.75, 3.05) is 13.1 Å². The Labute approximate surface area is 240 Å². The largest absolute Gasteiger partial charge is 0.385 e. The van der Waals surface area contributed by atoms with Crippen molar-refractivity contribution >= 4 is 53.6 Å². The van der Waals surface area contributed by atoms with Crippen LogP contribution in [0.4, 0.5) is 0 Å². The molecule has 1 atom stereocenters. The van der Waals surface area contributed by atoms with Crippen LogP contribution in [-0.2, 0) is 15.8 Å². The van der Waals surface area contributed by atoms with Gasteiger partial charge in [-0.15, -0.1) is 12.4 Å². The van der Waals surface area contributed by atoms with Crippen LogP contribution < -0.4 is 5.32 Å². The predicted molar refractivity (Wildman–Crippen MR) is 155 cm³/mol. The number of halogens is 4. The molecule has 198 valence electrons. The van der Waals surface area contributed by atoms with E-state index < -0.39 is 5.60 Å². The molecule has 4 nitrogen and oxygen atoms in total. The van der Waals surface area contributed by atoms with Crippen molar-refractivity contribution in [3.8, 4) is 0 Å². The van der Waals surface area contributed by atoms with E-state index in [9.17, 15) is 9.90 Å². The summed E-state index contributed by atoms with van der Waals surface area (Å²) in [5, 5.41) is 16.3. The van der Waals surface area contributed by atoms with E-state index in [1.54, 1.807) is 0 Å². The van der Waals surface area contributed by atoms with Gasteiger partial charge in [0, 0.05) is 33.6 Å². The van der Waals surface area contributed by atoms with E-state index in [1.165, 1.54) is 0 Å². The maximum atomic E-state index is 11.5. The van der Waals surface area contributed by atoms with Gasteiger partial charge in [-0.2, -0.15) is 0 Å². The summed E-state index contributed by atoms with van der Waals surface area (Å²) in [5.74, 6) is 0. The molecule has 4 rings (SSSR count).